The van der Waals surface area contributed by atoms with Gasteiger partial charge in [0.15, 0.2) is 0 Å². The van der Waals surface area contributed by atoms with Crippen molar-refractivity contribution in [3.8, 4) is 0 Å². The topological polar surface area (TPSA) is 45.2 Å². The number of hydrogen-bond acceptors (Lipinski definition) is 3. The van der Waals surface area contributed by atoms with Crippen LogP contribution in [-0.2, 0) is 6.18 Å². The van der Waals surface area contributed by atoms with Crippen molar-refractivity contribution < 1.29 is 18.0 Å². The Labute approximate surface area is 176 Å². The number of fused-ring (bicyclic) bond motifs is 2. The third kappa shape index (κ3) is 3.38. The van der Waals surface area contributed by atoms with Crippen molar-refractivity contribution in [2.45, 2.75) is 12.3 Å². The molecule has 1 aliphatic heterocycles. The molecule has 1 atom stereocenters. The first kappa shape index (κ1) is 19.1. The van der Waals surface area contributed by atoms with E-state index in [0.29, 0.717) is 22.6 Å². The van der Waals surface area contributed by atoms with Crippen molar-refractivity contribution in [3.05, 3.63) is 102 Å². The molecule has 1 amide bonds. The lowest BCUT2D eigenvalue weighted by atomic mass is 10.0. The van der Waals surface area contributed by atoms with Crippen LogP contribution in [0, 0.1) is 0 Å². The zero-order chi connectivity index (χ0) is 21.6. The molecule has 1 aliphatic rings. The molecular formula is C24H16F3N3O. The van der Waals surface area contributed by atoms with E-state index in [1.807, 2.05) is 30.3 Å². The van der Waals surface area contributed by atoms with E-state index in [0.717, 1.165) is 23.0 Å². The van der Waals surface area contributed by atoms with Crippen LogP contribution in [0.25, 0.3) is 10.9 Å². The van der Waals surface area contributed by atoms with Gasteiger partial charge in [0.25, 0.3) is 5.91 Å². The molecule has 0 spiro atoms. The van der Waals surface area contributed by atoms with Gasteiger partial charge < -0.3 is 5.32 Å². The van der Waals surface area contributed by atoms with E-state index in [9.17, 15) is 18.0 Å². The van der Waals surface area contributed by atoms with E-state index < -0.39 is 17.9 Å². The monoisotopic (exact) mass is 419 g/mol. The number of carbonyl (C=O) groups is 1. The Hall–Kier alpha value is -3.87. The first-order valence-corrected chi connectivity index (χ1v) is 9.64. The zero-order valence-corrected chi connectivity index (χ0v) is 16.1. The summed E-state index contributed by atoms with van der Waals surface area (Å²) in [6, 6.07) is 23.1. The Morgan fingerprint density at radius 3 is 2.26 bits per heavy atom. The highest BCUT2D eigenvalue weighted by Crippen LogP contribution is 2.38. The number of hydrogen-bond donors (Lipinski definition) is 1. The van der Waals surface area contributed by atoms with Crippen molar-refractivity contribution in [1.82, 2.24) is 4.98 Å². The number of nitrogens with zero attached hydrogens (tertiary/aromatic N) is 2. The largest absolute Gasteiger partial charge is 0.416 e. The molecule has 0 bridgehead atoms. The Kier molecular flexibility index (Phi) is 4.39. The lowest BCUT2D eigenvalue weighted by Crippen LogP contribution is -2.43. The van der Waals surface area contributed by atoms with Gasteiger partial charge in [0.05, 0.1) is 16.6 Å². The highest BCUT2D eigenvalue weighted by Gasteiger charge is 2.36. The van der Waals surface area contributed by atoms with Crippen LogP contribution in [0.1, 0.15) is 27.7 Å². The number of pyridine rings is 1. The molecule has 7 heteroatoms. The SMILES string of the molecule is O=C1c2cc3ccccc3nc2N[C@H](c2ccc(C(F)(F)F)cc2)N1c1ccccc1. The van der Waals surface area contributed by atoms with Gasteiger partial charge in [-0.2, -0.15) is 13.2 Å². The summed E-state index contributed by atoms with van der Waals surface area (Å²) in [6.45, 7) is 0. The standard InChI is InChI=1S/C24H16F3N3O/c25-24(26,27)17-12-10-15(11-13-17)22-29-21-19(14-16-6-4-5-9-20(16)28-21)23(31)30(22)18-7-2-1-3-8-18/h1-14,22H,(H,28,29)/t22-/m0/s1. The predicted octanol–water partition coefficient (Wildman–Crippen LogP) is 6.02. The van der Waals surface area contributed by atoms with Crippen LogP contribution in [0.3, 0.4) is 0 Å². The molecule has 0 aliphatic carbocycles. The molecule has 154 valence electrons. The second-order valence-corrected chi connectivity index (χ2v) is 7.25. The average Bonchev–Trinajstić information content (AvgIpc) is 2.78. The smallest absolute Gasteiger partial charge is 0.345 e. The van der Waals surface area contributed by atoms with Gasteiger partial charge in [-0.1, -0.05) is 48.5 Å². The fourth-order valence-electron chi connectivity index (χ4n) is 3.77. The maximum atomic E-state index is 13.5. The highest BCUT2D eigenvalue weighted by atomic mass is 19.4. The predicted molar refractivity (Wildman–Crippen MR) is 113 cm³/mol. The number of halogens is 3. The number of rotatable bonds is 2. The van der Waals surface area contributed by atoms with Gasteiger partial charge in [0.2, 0.25) is 0 Å². The van der Waals surface area contributed by atoms with Crippen molar-refractivity contribution in [2.24, 2.45) is 0 Å². The molecule has 5 rings (SSSR count). The molecule has 2 heterocycles. The van der Waals surface area contributed by atoms with E-state index in [4.69, 9.17) is 0 Å². The van der Waals surface area contributed by atoms with Crippen molar-refractivity contribution in [2.75, 3.05) is 10.2 Å². The van der Waals surface area contributed by atoms with E-state index in [1.54, 1.807) is 35.2 Å². The minimum Gasteiger partial charge on any atom is -0.345 e. The van der Waals surface area contributed by atoms with Gasteiger partial charge in [-0.05, 0) is 42.0 Å². The summed E-state index contributed by atoms with van der Waals surface area (Å²) in [6.07, 6.45) is -5.14. The average molecular weight is 419 g/mol. The number of para-hydroxylation sites is 2. The quantitative estimate of drug-likeness (QED) is 0.432. The summed E-state index contributed by atoms with van der Waals surface area (Å²) in [4.78, 5) is 19.7. The molecule has 0 fully saturated rings. The maximum Gasteiger partial charge on any atom is 0.416 e. The summed E-state index contributed by atoms with van der Waals surface area (Å²) in [5, 5.41) is 4.09. The lowest BCUT2D eigenvalue weighted by molar-refractivity contribution is -0.137. The van der Waals surface area contributed by atoms with Crippen molar-refractivity contribution >= 4 is 28.3 Å². The summed E-state index contributed by atoms with van der Waals surface area (Å²) in [7, 11) is 0. The number of carbonyl (C=O) groups excluding carboxylic acids is 1. The number of aromatic nitrogens is 1. The van der Waals surface area contributed by atoms with Gasteiger partial charge in [-0.25, -0.2) is 4.98 Å². The van der Waals surface area contributed by atoms with Gasteiger partial charge in [0.1, 0.15) is 12.0 Å². The second-order valence-electron chi connectivity index (χ2n) is 7.25. The number of amides is 1. The number of anilines is 2. The van der Waals surface area contributed by atoms with Gasteiger partial charge in [-0.15, -0.1) is 0 Å². The van der Waals surface area contributed by atoms with Crippen LogP contribution in [0.2, 0.25) is 0 Å². The lowest BCUT2D eigenvalue weighted by Gasteiger charge is -2.37. The first-order chi connectivity index (χ1) is 14.9. The molecule has 1 N–H and O–H groups in total. The van der Waals surface area contributed by atoms with Crippen LogP contribution in [0.4, 0.5) is 24.7 Å². The fourth-order valence-corrected chi connectivity index (χ4v) is 3.77. The summed E-state index contributed by atoms with van der Waals surface area (Å²) < 4.78 is 39.1. The molecule has 31 heavy (non-hydrogen) atoms. The number of benzene rings is 3. The van der Waals surface area contributed by atoms with Gasteiger partial charge in [0, 0.05) is 11.1 Å². The van der Waals surface area contributed by atoms with Gasteiger partial charge in [-0.3, -0.25) is 9.69 Å². The molecule has 4 aromatic rings. The normalized spacial score (nSPS) is 16.2. The zero-order valence-electron chi connectivity index (χ0n) is 16.1. The van der Waals surface area contributed by atoms with E-state index in [2.05, 4.69) is 10.3 Å². The molecule has 3 aromatic carbocycles. The van der Waals surface area contributed by atoms with Crippen molar-refractivity contribution in [1.29, 1.82) is 0 Å². The Bertz CT molecular complexity index is 1270. The first-order valence-electron chi connectivity index (χ1n) is 9.64. The van der Waals surface area contributed by atoms with Crippen LogP contribution in [0.5, 0.6) is 0 Å². The number of alkyl halides is 3. The minimum atomic E-state index is -4.43. The maximum absolute atomic E-state index is 13.5. The number of nitrogens with one attached hydrogen (secondary N) is 1. The van der Waals surface area contributed by atoms with E-state index in [-0.39, 0.29) is 5.91 Å². The Morgan fingerprint density at radius 1 is 0.871 bits per heavy atom. The van der Waals surface area contributed by atoms with Crippen LogP contribution >= 0.6 is 0 Å². The van der Waals surface area contributed by atoms with Crippen LogP contribution < -0.4 is 10.2 Å². The summed E-state index contributed by atoms with van der Waals surface area (Å²) in [5.41, 5.74) is 1.54. The molecule has 0 saturated heterocycles. The van der Waals surface area contributed by atoms with Crippen LogP contribution in [0.15, 0.2) is 84.9 Å². The third-order valence-corrected chi connectivity index (χ3v) is 5.29. The Balaban J connectivity index is 1.65. The van der Waals surface area contributed by atoms with Crippen molar-refractivity contribution in [3.63, 3.8) is 0 Å². The highest BCUT2D eigenvalue weighted by molar-refractivity contribution is 6.13. The third-order valence-electron chi connectivity index (χ3n) is 5.29. The Morgan fingerprint density at radius 2 is 1.55 bits per heavy atom. The summed E-state index contributed by atoms with van der Waals surface area (Å²) in [5.74, 6) is 0.129. The molecular weight excluding hydrogens is 403 g/mol. The molecule has 0 saturated carbocycles. The van der Waals surface area contributed by atoms with E-state index in [1.165, 1.54) is 12.1 Å². The van der Waals surface area contributed by atoms with E-state index >= 15 is 0 Å². The fraction of sp³-hybridized carbons (Fsp3) is 0.0833. The summed E-state index contributed by atoms with van der Waals surface area (Å²) >= 11 is 0. The molecule has 0 unspecified atom stereocenters. The molecule has 1 aromatic heterocycles. The van der Waals surface area contributed by atoms with Crippen LogP contribution in [-0.4, -0.2) is 10.9 Å². The van der Waals surface area contributed by atoms with Gasteiger partial charge >= 0.3 is 6.18 Å². The molecule has 0 radical (unpaired) electrons. The minimum absolute atomic E-state index is 0.275. The second kappa shape index (κ2) is 7.12. The molecule has 4 nitrogen and oxygen atoms in total.